The molecule has 2 fully saturated rings. The Balaban J connectivity index is 1.23. The number of nitrogens with zero attached hydrogens (tertiary/aromatic N) is 4. The summed E-state index contributed by atoms with van der Waals surface area (Å²) in [6, 6.07) is 7.24. The first kappa shape index (κ1) is 28.5. The van der Waals surface area contributed by atoms with Gasteiger partial charge in [0.2, 0.25) is 11.7 Å². The fraction of sp³-hybridized carbons (Fsp3) is 0.357. The highest BCUT2D eigenvalue weighted by Gasteiger charge is 2.36. The molecular formula is C28H29ClF2N6O4. The van der Waals surface area contributed by atoms with Gasteiger partial charge in [-0.05, 0) is 43.2 Å². The van der Waals surface area contributed by atoms with E-state index >= 15 is 0 Å². The van der Waals surface area contributed by atoms with Gasteiger partial charge in [0.25, 0.3) is 11.8 Å². The lowest BCUT2D eigenvalue weighted by molar-refractivity contribution is -0.140. The molecule has 0 bridgehead atoms. The number of piperazine rings is 1. The Kier molecular flexibility index (Phi) is 7.96. The number of nitrogens with one attached hydrogen (secondary N) is 1. The minimum Gasteiger partial charge on any atom is -0.494 e. The molecule has 3 N–H and O–H groups in total. The molecule has 41 heavy (non-hydrogen) atoms. The quantitative estimate of drug-likeness (QED) is 0.457. The zero-order chi connectivity index (χ0) is 29.4. The molecule has 3 aromatic rings. The Hall–Kier alpha value is -4.03. The third-order valence-electron chi connectivity index (χ3n) is 7.59. The predicted molar refractivity (Wildman–Crippen MR) is 148 cm³/mol. The van der Waals surface area contributed by atoms with Crippen LogP contribution in [0.25, 0.3) is 11.3 Å². The number of aromatic nitrogens is 2. The molecule has 1 saturated carbocycles. The lowest BCUT2D eigenvalue weighted by Gasteiger charge is -2.40. The van der Waals surface area contributed by atoms with Crippen LogP contribution < -0.4 is 15.8 Å². The summed E-state index contributed by atoms with van der Waals surface area (Å²) in [6.45, 7) is 1.66. The largest absolute Gasteiger partial charge is 0.494 e. The maximum Gasteiger partial charge on any atom is 0.291 e. The first-order valence-corrected chi connectivity index (χ1v) is 13.5. The van der Waals surface area contributed by atoms with Gasteiger partial charge in [-0.15, -0.1) is 0 Å². The van der Waals surface area contributed by atoms with Crippen molar-refractivity contribution < 1.29 is 27.9 Å². The van der Waals surface area contributed by atoms with E-state index in [9.17, 15) is 23.2 Å². The van der Waals surface area contributed by atoms with Crippen LogP contribution in [0.15, 0.2) is 36.5 Å². The van der Waals surface area contributed by atoms with Gasteiger partial charge in [-0.1, -0.05) is 11.6 Å². The highest BCUT2D eigenvalue weighted by atomic mass is 35.5. The summed E-state index contributed by atoms with van der Waals surface area (Å²) >= 11 is 6.42. The molecule has 1 aliphatic carbocycles. The van der Waals surface area contributed by atoms with Crippen molar-refractivity contribution in [1.29, 1.82) is 0 Å². The Labute approximate surface area is 240 Å². The SMILES string of the molecule is COc1ccc(-c2cnc(C(=O)Nc3ccc(C(=O)N4CCN(C(=O)[C@H]5C[C@@H](N)C5)CC4)c(Cl)c3)n2C)c(F)c1F. The normalized spacial score (nSPS) is 18.6. The number of methoxy groups -OCH3 is 1. The van der Waals surface area contributed by atoms with Gasteiger partial charge in [0, 0.05) is 56.4 Å². The zero-order valence-electron chi connectivity index (χ0n) is 22.5. The van der Waals surface area contributed by atoms with Crippen molar-refractivity contribution >= 4 is 35.0 Å². The van der Waals surface area contributed by atoms with Crippen molar-refractivity contribution in [2.45, 2.75) is 18.9 Å². The van der Waals surface area contributed by atoms with E-state index in [4.69, 9.17) is 22.1 Å². The van der Waals surface area contributed by atoms with Gasteiger partial charge < -0.3 is 30.2 Å². The molecule has 0 unspecified atom stereocenters. The van der Waals surface area contributed by atoms with Gasteiger partial charge in [-0.25, -0.2) is 9.37 Å². The third kappa shape index (κ3) is 5.49. The van der Waals surface area contributed by atoms with E-state index in [1.54, 1.807) is 15.9 Å². The van der Waals surface area contributed by atoms with Crippen LogP contribution >= 0.6 is 11.6 Å². The molecule has 5 rings (SSSR count). The van der Waals surface area contributed by atoms with Gasteiger partial charge in [0.1, 0.15) is 0 Å². The topological polar surface area (TPSA) is 123 Å². The van der Waals surface area contributed by atoms with Crippen LogP contribution in [0.3, 0.4) is 0 Å². The summed E-state index contributed by atoms with van der Waals surface area (Å²) < 4.78 is 35.0. The van der Waals surface area contributed by atoms with Crippen molar-refractivity contribution in [3.05, 3.63) is 64.6 Å². The smallest absolute Gasteiger partial charge is 0.291 e. The molecule has 13 heteroatoms. The van der Waals surface area contributed by atoms with Crippen LogP contribution in [0, 0.1) is 17.6 Å². The fourth-order valence-corrected chi connectivity index (χ4v) is 5.39. The predicted octanol–water partition coefficient (Wildman–Crippen LogP) is 3.30. The molecule has 0 atom stereocenters. The number of anilines is 1. The minimum absolute atomic E-state index is 0.0200. The Morgan fingerprint density at radius 3 is 2.37 bits per heavy atom. The third-order valence-corrected chi connectivity index (χ3v) is 7.91. The van der Waals surface area contributed by atoms with E-state index in [0.29, 0.717) is 44.7 Å². The molecule has 1 saturated heterocycles. The van der Waals surface area contributed by atoms with Gasteiger partial charge in [-0.2, -0.15) is 4.39 Å². The number of benzene rings is 2. The molecule has 0 radical (unpaired) electrons. The number of hydrogen-bond donors (Lipinski definition) is 2. The van der Waals surface area contributed by atoms with Crippen LogP contribution in [0.5, 0.6) is 5.75 Å². The summed E-state index contributed by atoms with van der Waals surface area (Å²) in [4.78, 5) is 46.1. The summed E-state index contributed by atoms with van der Waals surface area (Å²) in [5, 5.41) is 2.81. The van der Waals surface area contributed by atoms with Gasteiger partial charge in [0.15, 0.2) is 17.4 Å². The molecular weight excluding hydrogens is 558 g/mol. The van der Waals surface area contributed by atoms with Crippen LogP contribution in [-0.2, 0) is 11.8 Å². The number of carbonyl (C=O) groups excluding carboxylic acids is 3. The summed E-state index contributed by atoms with van der Waals surface area (Å²) in [7, 11) is 2.73. The molecule has 2 aliphatic rings. The number of rotatable bonds is 6. The first-order valence-electron chi connectivity index (χ1n) is 13.1. The van der Waals surface area contributed by atoms with E-state index in [2.05, 4.69) is 10.3 Å². The maximum atomic E-state index is 14.6. The average molecular weight is 587 g/mol. The van der Waals surface area contributed by atoms with Crippen molar-refractivity contribution in [3.63, 3.8) is 0 Å². The number of ether oxygens (including phenoxy) is 1. The standard InChI is InChI=1S/C28H29ClF2N6O4/c1-35-21(19-5-6-22(41-2)24(31)23(19)30)14-33-25(35)26(38)34-17-3-4-18(20(29)13-17)28(40)37-9-7-36(8-10-37)27(39)15-11-16(32)12-15/h3-6,13-16H,7-12,32H2,1-2H3,(H,34,38)/t15-,16+. The summed E-state index contributed by atoms with van der Waals surface area (Å²) in [6.07, 6.45) is 2.68. The van der Waals surface area contributed by atoms with Crippen LogP contribution in [0.2, 0.25) is 5.02 Å². The van der Waals surface area contributed by atoms with E-state index in [-0.39, 0.29) is 57.2 Å². The van der Waals surface area contributed by atoms with Gasteiger partial charge in [-0.3, -0.25) is 14.4 Å². The Morgan fingerprint density at radius 2 is 1.73 bits per heavy atom. The van der Waals surface area contributed by atoms with E-state index < -0.39 is 17.5 Å². The molecule has 2 heterocycles. The fourth-order valence-electron chi connectivity index (χ4n) is 5.13. The monoisotopic (exact) mass is 586 g/mol. The van der Waals surface area contributed by atoms with Crippen LogP contribution in [-0.4, -0.2) is 76.4 Å². The second-order valence-corrected chi connectivity index (χ2v) is 10.6. The Bertz CT molecular complexity index is 1520. The molecule has 10 nitrogen and oxygen atoms in total. The number of hydrogen-bond acceptors (Lipinski definition) is 6. The van der Waals surface area contributed by atoms with Crippen molar-refractivity contribution in [1.82, 2.24) is 19.4 Å². The number of halogens is 3. The van der Waals surface area contributed by atoms with Crippen LogP contribution in [0.1, 0.15) is 33.8 Å². The number of imidazole rings is 1. The second-order valence-electron chi connectivity index (χ2n) is 10.2. The van der Waals surface area contributed by atoms with Crippen LogP contribution in [0.4, 0.5) is 14.5 Å². The molecule has 2 aromatic carbocycles. The summed E-state index contributed by atoms with van der Waals surface area (Å²) in [5.41, 5.74) is 6.49. The maximum absolute atomic E-state index is 14.6. The van der Waals surface area contributed by atoms with E-state index in [0.717, 1.165) is 0 Å². The van der Waals surface area contributed by atoms with E-state index in [1.807, 2.05) is 0 Å². The lowest BCUT2D eigenvalue weighted by Crippen LogP contribution is -2.54. The number of amides is 3. The highest BCUT2D eigenvalue weighted by molar-refractivity contribution is 6.34. The molecule has 1 aromatic heterocycles. The minimum atomic E-state index is -1.14. The lowest BCUT2D eigenvalue weighted by atomic mass is 9.80. The second kappa shape index (κ2) is 11.5. The van der Waals surface area contributed by atoms with Gasteiger partial charge >= 0.3 is 0 Å². The average Bonchev–Trinajstić information content (AvgIpc) is 3.33. The molecule has 3 amide bonds. The van der Waals surface area contributed by atoms with Crippen molar-refractivity contribution in [3.8, 4) is 17.0 Å². The highest BCUT2D eigenvalue weighted by Crippen LogP contribution is 2.31. The number of nitrogens with two attached hydrogens (primary N) is 1. The zero-order valence-corrected chi connectivity index (χ0v) is 23.3. The molecule has 1 aliphatic heterocycles. The van der Waals surface area contributed by atoms with Crippen molar-refractivity contribution in [2.75, 3.05) is 38.6 Å². The Morgan fingerprint density at radius 1 is 1.05 bits per heavy atom. The van der Waals surface area contributed by atoms with Gasteiger partial charge in [0.05, 0.1) is 29.6 Å². The number of carbonyl (C=O) groups is 3. The molecule has 0 spiro atoms. The summed E-state index contributed by atoms with van der Waals surface area (Å²) in [5.74, 6) is -3.37. The van der Waals surface area contributed by atoms with Crippen molar-refractivity contribution in [2.24, 2.45) is 18.7 Å². The first-order chi connectivity index (χ1) is 19.6. The van der Waals surface area contributed by atoms with E-state index in [1.165, 1.54) is 49.2 Å². The molecule has 216 valence electrons.